The van der Waals surface area contributed by atoms with Crippen molar-refractivity contribution in [1.29, 1.82) is 0 Å². The highest BCUT2D eigenvalue weighted by Gasteiger charge is 2.07. The first kappa shape index (κ1) is 16.0. The number of halogens is 1. The number of H-pyrrole nitrogens is 1. The maximum Gasteiger partial charge on any atom is 0.251 e. The van der Waals surface area contributed by atoms with Crippen molar-refractivity contribution in [2.24, 2.45) is 0 Å². The van der Waals surface area contributed by atoms with E-state index in [1.54, 1.807) is 6.92 Å². The number of thioether (sulfide) groups is 1. The van der Waals surface area contributed by atoms with E-state index >= 15 is 0 Å². The minimum absolute atomic E-state index is 0.131. The number of aromatic nitrogens is 2. The van der Waals surface area contributed by atoms with Crippen LogP contribution in [-0.2, 0) is 4.79 Å². The molecule has 0 spiro atoms. The number of hydrogen-bond acceptors (Lipinski definition) is 4. The Hall–Kier alpha value is -1.35. The maximum absolute atomic E-state index is 11.9. The van der Waals surface area contributed by atoms with Crippen molar-refractivity contribution >= 4 is 45.9 Å². The van der Waals surface area contributed by atoms with Crippen molar-refractivity contribution in [3.8, 4) is 0 Å². The molecule has 0 aliphatic rings. The van der Waals surface area contributed by atoms with Gasteiger partial charge in [0.1, 0.15) is 0 Å². The van der Waals surface area contributed by atoms with Crippen LogP contribution in [0.4, 0.5) is 5.69 Å². The Labute approximate surface area is 140 Å². The molecule has 0 saturated heterocycles. The lowest BCUT2D eigenvalue weighted by atomic mass is 10.2. The second-order valence-electron chi connectivity index (χ2n) is 4.49. The minimum atomic E-state index is -0.209. The van der Waals surface area contributed by atoms with Crippen LogP contribution in [0.15, 0.2) is 34.2 Å². The third-order valence-corrected chi connectivity index (χ3v) is 4.19. The number of aromatic amines is 1. The van der Waals surface area contributed by atoms with Crippen LogP contribution in [0.25, 0.3) is 0 Å². The number of anilines is 1. The normalized spacial score (nSPS) is 10.4. The Morgan fingerprint density at radius 1 is 1.38 bits per heavy atom. The van der Waals surface area contributed by atoms with Crippen molar-refractivity contribution in [3.05, 3.63) is 49.4 Å². The number of amides is 1. The summed E-state index contributed by atoms with van der Waals surface area (Å²) in [5, 5.41) is 3.31. The Balaban J connectivity index is 1.97. The molecule has 1 aromatic carbocycles. The molecule has 0 aliphatic carbocycles. The van der Waals surface area contributed by atoms with Gasteiger partial charge in [-0.3, -0.25) is 9.59 Å². The molecule has 1 amide bonds. The number of carbonyl (C=O) groups is 1. The smallest absolute Gasteiger partial charge is 0.251 e. The van der Waals surface area contributed by atoms with Gasteiger partial charge in [-0.2, -0.15) is 0 Å². The number of rotatable bonds is 4. The molecule has 2 rings (SSSR count). The van der Waals surface area contributed by atoms with Gasteiger partial charge in [0.05, 0.1) is 5.75 Å². The van der Waals surface area contributed by atoms with E-state index in [2.05, 4.69) is 37.9 Å². The zero-order valence-corrected chi connectivity index (χ0v) is 14.5. The highest BCUT2D eigenvalue weighted by atomic mass is 127. The zero-order valence-electron chi connectivity index (χ0n) is 11.6. The van der Waals surface area contributed by atoms with Crippen LogP contribution in [0.2, 0.25) is 0 Å². The summed E-state index contributed by atoms with van der Waals surface area (Å²) >= 11 is 3.43. The SMILES string of the molecule is Cc1cc(=O)[nH]c(SCC(=O)Nc2ccc(I)cc2C)n1. The average Bonchev–Trinajstić information content (AvgIpc) is 2.39. The Morgan fingerprint density at radius 3 is 2.81 bits per heavy atom. The molecule has 2 N–H and O–H groups in total. The summed E-state index contributed by atoms with van der Waals surface area (Å²) in [5.41, 5.74) is 2.24. The molecule has 0 radical (unpaired) electrons. The Bertz CT molecular complexity index is 730. The quantitative estimate of drug-likeness (QED) is 0.458. The second kappa shape index (κ2) is 7.08. The largest absolute Gasteiger partial charge is 0.325 e. The van der Waals surface area contributed by atoms with Gasteiger partial charge in [0.25, 0.3) is 5.56 Å². The topological polar surface area (TPSA) is 74.8 Å². The highest BCUT2D eigenvalue weighted by Crippen LogP contribution is 2.18. The molecule has 0 unspecified atom stereocenters. The summed E-state index contributed by atoms with van der Waals surface area (Å²) in [5.74, 6) is 0.0612. The predicted octanol–water partition coefficient (Wildman–Crippen LogP) is 2.72. The highest BCUT2D eigenvalue weighted by molar-refractivity contribution is 14.1. The molecule has 0 aliphatic heterocycles. The molecule has 1 heterocycles. The molecule has 5 nitrogen and oxygen atoms in total. The van der Waals surface area contributed by atoms with Crippen LogP contribution in [0, 0.1) is 17.4 Å². The van der Waals surface area contributed by atoms with Crippen LogP contribution >= 0.6 is 34.4 Å². The third kappa shape index (κ3) is 4.85. The van der Waals surface area contributed by atoms with Crippen molar-refractivity contribution < 1.29 is 4.79 Å². The van der Waals surface area contributed by atoms with Gasteiger partial charge in [0, 0.05) is 21.0 Å². The summed E-state index contributed by atoms with van der Waals surface area (Å²) in [7, 11) is 0. The van der Waals surface area contributed by atoms with Crippen LogP contribution in [0.1, 0.15) is 11.3 Å². The first-order valence-electron chi connectivity index (χ1n) is 6.21. The van der Waals surface area contributed by atoms with E-state index in [1.807, 2.05) is 25.1 Å². The number of aryl methyl sites for hydroxylation is 2. The maximum atomic E-state index is 11.9. The van der Waals surface area contributed by atoms with Gasteiger partial charge in [0.2, 0.25) is 5.91 Å². The van der Waals surface area contributed by atoms with Crippen LogP contribution in [0.5, 0.6) is 0 Å². The van der Waals surface area contributed by atoms with Crippen molar-refractivity contribution in [3.63, 3.8) is 0 Å². The van der Waals surface area contributed by atoms with E-state index in [-0.39, 0.29) is 17.2 Å². The Kier molecular flexibility index (Phi) is 5.40. The summed E-state index contributed by atoms with van der Waals surface area (Å²) in [4.78, 5) is 30.0. The zero-order chi connectivity index (χ0) is 15.4. The first-order valence-corrected chi connectivity index (χ1v) is 8.27. The monoisotopic (exact) mass is 415 g/mol. The number of hydrogen-bond donors (Lipinski definition) is 2. The fourth-order valence-electron chi connectivity index (χ4n) is 1.71. The average molecular weight is 415 g/mol. The van der Waals surface area contributed by atoms with E-state index in [9.17, 15) is 9.59 Å². The lowest BCUT2D eigenvalue weighted by Crippen LogP contribution is -2.16. The van der Waals surface area contributed by atoms with Gasteiger partial charge in [-0.25, -0.2) is 4.98 Å². The third-order valence-electron chi connectivity index (χ3n) is 2.65. The molecule has 0 bridgehead atoms. The number of benzene rings is 1. The number of carbonyl (C=O) groups excluding carboxylic acids is 1. The van der Waals surface area contributed by atoms with Crippen molar-refractivity contribution in [1.82, 2.24) is 9.97 Å². The van der Waals surface area contributed by atoms with Crippen LogP contribution < -0.4 is 10.9 Å². The van der Waals surface area contributed by atoms with E-state index in [0.717, 1.165) is 14.8 Å². The minimum Gasteiger partial charge on any atom is -0.325 e. The molecule has 0 atom stereocenters. The van der Waals surface area contributed by atoms with Gasteiger partial charge in [-0.15, -0.1) is 0 Å². The summed E-state index contributed by atoms with van der Waals surface area (Å²) in [6, 6.07) is 7.24. The second-order valence-corrected chi connectivity index (χ2v) is 6.70. The first-order chi connectivity index (χ1) is 9.94. The fourth-order valence-corrected chi connectivity index (χ4v) is 3.08. The molecule has 2 aromatic rings. The lowest BCUT2D eigenvalue weighted by molar-refractivity contribution is -0.113. The predicted molar refractivity (Wildman–Crippen MR) is 92.8 cm³/mol. The molecule has 21 heavy (non-hydrogen) atoms. The van der Waals surface area contributed by atoms with Crippen molar-refractivity contribution in [2.75, 3.05) is 11.1 Å². The Morgan fingerprint density at radius 2 is 2.14 bits per heavy atom. The van der Waals surface area contributed by atoms with E-state index in [1.165, 1.54) is 17.8 Å². The summed E-state index contributed by atoms with van der Waals surface area (Å²) in [6.45, 7) is 3.69. The van der Waals surface area contributed by atoms with E-state index in [0.29, 0.717) is 10.9 Å². The fraction of sp³-hybridized carbons (Fsp3) is 0.214. The van der Waals surface area contributed by atoms with Gasteiger partial charge >= 0.3 is 0 Å². The van der Waals surface area contributed by atoms with Crippen molar-refractivity contribution in [2.45, 2.75) is 19.0 Å². The molecule has 0 saturated carbocycles. The molecule has 110 valence electrons. The lowest BCUT2D eigenvalue weighted by Gasteiger charge is -2.08. The van der Waals surface area contributed by atoms with Crippen LogP contribution in [-0.4, -0.2) is 21.6 Å². The van der Waals surface area contributed by atoms with Gasteiger partial charge < -0.3 is 10.3 Å². The summed E-state index contributed by atoms with van der Waals surface area (Å²) < 4.78 is 1.12. The van der Waals surface area contributed by atoms with Gasteiger partial charge in [-0.05, 0) is 60.2 Å². The summed E-state index contributed by atoms with van der Waals surface area (Å²) in [6.07, 6.45) is 0. The number of nitrogens with zero attached hydrogens (tertiary/aromatic N) is 1. The van der Waals surface area contributed by atoms with E-state index < -0.39 is 0 Å². The molecular weight excluding hydrogens is 401 g/mol. The van der Waals surface area contributed by atoms with Crippen LogP contribution in [0.3, 0.4) is 0 Å². The van der Waals surface area contributed by atoms with Gasteiger partial charge in [0.15, 0.2) is 5.16 Å². The molecule has 7 heteroatoms. The molecule has 0 fully saturated rings. The number of nitrogens with one attached hydrogen (secondary N) is 2. The molecule has 1 aromatic heterocycles. The van der Waals surface area contributed by atoms with Gasteiger partial charge in [-0.1, -0.05) is 11.8 Å². The van der Waals surface area contributed by atoms with E-state index in [4.69, 9.17) is 0 Å². The molecular formula is C14H14IN3O2S. The standard InChI is InChI=1S/C14H14IN3O2S/c1-8-5-10(15)3-4-11(8)17-13(20)7-21-14-16-9(2)6-12(19)18-14/h3-6H,7H2,1-2H3,(H,17,20)(H,16,18,19).